The molecule has 2 heterocycles. The van der Waals surface area contributed by atoms with E-state index in [-0.39, 0.29) is 18.3 Å². The summed E-state index contributed by atoms with van der Waals surface area (Å²) in [4.78, 5) is 16.4. The summed E-state index contributed by atoms with van der Waals surface area (Å²) in [5.41, 5.74) is 0.211. The topological polar surface area (TPSA) is 69.8 Å². The number of likely N-dealkylation sites (tertiary alicyclic amines) is 1. The van der Waals surface area contributed by atoms with Crippen molar-refractivity contribution in [2.75, 3.05) is 20.1 Å². The van der Waals surface area contributed by atoms with Crippen LogP contribution in [-0.4, -0.2) is 51.7 Å². The first-order chi connectivity index (χ1) is 12.4. The molecule has 26 heavy (non-hydrogen) atoms. The van der Waals surface area contributed by atoms with Crippen LogP contribution in [0.15, 0.2) is 34.9 Å². The van der Waals surface area contributed by atoms with Gasteiger partial charge in [-0.15, -0.1) is 0 Å². The summed E-state index contributed by atoms with van der Waals surface area (Å²) in [6.07, 6.45) is 1.14. The lowest BCUT2D eigenvalue weighted by molar-refractivity contribution is -0.160. The lowest BCUT2D eigenvalue weighted by Gasteiger charge is -2.40. The van der Waals surface area contributed by atoms with Crippen molar-refractivity contribution in [3.63, 3.8) is 0 Å². The van der Waals surface area contributed by atoms with Gasteiger partial charge in [0, 0.05) is 25.7 Å². The van der Waals surface area contributed by atoms with E-state index in [1.54, 1.807) is 17.0 Å². The standard InChI is InChI=1S/C19H24FN3O3/c1-14-10-17(26-21-14)12-22(2)13-19(25)8-3-9-23(18(19)24)11-15-4-6-16(20)7-5-15/h4-7,10,25H,3,8-9,11-13H2,1-2H3/t19-/m0/s1. The van der Waals surface area contributed by atoms with E-state index < -0.39 is 5.60 Å². The summed E-state index contributed by atoms with van der Waals surface area (Å²) in [6, 6.07) is 7.92. The van der Waals surface area contributed by atoms with Crippen molar-refractivity contribution in [3.05, 3.63) is 53.2 Å². The number of hydrogen-bond donors (Lipinski definition) is 1. The van der Waals surface area contributed by atoms with Crippen LogP contribution in [0.1, 0.15) is 29.9 Å². The van der Waals surface area contributed by atoms with Gasteiger partial charge < -0.3 is 14.5 Å². The van der Waals surface area contributed by atoms with Crippen molar-refractivity contribution < 1.29 is 18.8 Å². The Balaban J connectivity index is 1.64. The number of likely N-dealkylation sites (N-methyl/N-ethyl adjacent to an activating group) is 1. The van der Waals surface area contributed by atoms with Crippen LogP contribution in [0.2, 0.25) is 0 Å². The molecule has 6 nitrogen and oxygen atoms in total. The van der Waals surface area contributed by atoms with Crippen LogP contribution < -0.4 is 0 Å². The molecule has 1 atom stereocenters. The summed E-state index contributed by atoms with van der Waals surface area (Å²) in [7, 11) is 1.84. The smallest absolute Gasteiger partial charge is 0.256 e. The maximum absolute atomic E-state index is 13.1. The highest BCUT2D eigenvalue weighted by atomic mass is 19.1. The van der Waals surface area contributed by atoms with Gasteiger partial charge in [0.15, 0.2) is 11.4 Å². The molecule has 0 radical (unpaired) electrons. The number of aryl methyl sites for hydroxylation is 1. The molecule has 1 aliphatic heterocycles. The molecule has 7 heteroatoms. The first kappa shape index (κ1) is 18.5. The number of benzene rings is 1. The van der Waals surface area contributed by atoms with Crippen LogP contribution in [0.25, 0.3) is 0 Å². The van der Waals surface area contributed by atoms with Gasteiger partial charge in [-0.05, 0) is 44.5 Å². The van der Waals surface area contributed by atoms with E-state index in [0.717, 1.165) is 17.7 Å². The van der Waals surface area contributed by atoms with Crippen LogP contribution in [0.5, 0.6) is 0 Å². The fourth-order valence-corrected chi connectivity index (χ4v) is 3.43. The van der Waals surface area contributed by atoms with Crippen molar-refractivity contribution in [3.8, 4) is 0 Å². The second-order valence-corrected chi connectivity index (χ2v) is 7.10. The van der Waals surface area contributed by atoms with Crippen LogP contribution in [0, 0.1) is 12.7 Å². The minimum Gasteiger partial charge on any atom is -0.379 e. The molecule has 0 aliphatic carbocycles. The normalized spacial score (nSPS) is 20.8. The second kappa shape index (κ2) is 7.55. The molecule has 0 spiro atoms. The summed E-state index contributed by atoms with van der Waals surface area (Å²) in [5, 5.41) is 14.8. The molecule has 1 amide bonds. The highest BCUT2D eigenvalue weighted by molar-refractivity contribution is 5.86. The zero-order valence-corrected chi connectivity index (χ0v) is 15.1. The Kier molecular flexibility index (Phi) is 5.38. The molecule has 2 aromatic rings. The van der Waals surface area contributed by atoms with Crippen molar-refractivity contribution in [2.45, 2.75) is 38.5 Å². The molecule has 1 N–H and O–H groups in total. The number of aliphatic hydroxyl groups is 1. The largest absolute Gasteiger partial charge is 0.379 e. The van der Waals surface area contributed by atoms with E-state index in [1.807, 2.05) is 24.9 Å². The minimum absolute atomic E-state index is 0.214. The average molecular weight is 361 g/mol. The third-order valence-corrected chi connectivity index (χ3v) is 4.62. The van der Waals surface area contributed by atoms with Crippen molar-refractivity contribution in [2.24, 2.45) is 0 Å². The Morgan fingerprint density at radius 1 is 1.38 bits per heavy atom. The molecule has 1 aromatic carbocycles. The second-order valence-electron chi connectivity index (χ2n) is 7.10. The lowest BCUT2D eigenvalue weighted by atomic mass is 9.90. The number of amides is 1. The molecule has 1 aliphatic rings. The third-order valence-electron chi connectivity index (χ3n) is 4.62. The SMILES string of the molecule is Cc1cc(CN(C)C[C@@]2(O)CCCN(Cc3ccc(F)cc3)C2=O)on1. The quantitative estimate of drug-likeness (QED) is 0.853. The molecular formula is C19H24FN3O3. The van der Waals surface area contributed by atoms with Gasteiger partial charge in [-0.2, -0.15) is 0 Å². The average Bonchev–Trinajstić information content (AvgIpc) is 2.98. The lowest BCUT2D eigenvalue weighted by Crippen LogP contribution is -2.57. The number of carbonyl (C=O) groups excluding carboxylic acids is 1. The molecule has 0 unspecified atom stereocenters. The molecule has 0 bridgehead atoms. The highest BCUT2D eigenvalue weighted by Gasteiger charge is 2.42. The van der Waals surface area contributed by atoms with Crippen LogP contribution in [0.3, 0.4) is 0 Å². The number of piperidine rings is 1. The van der Waals surface area contributed by atoms with E-state index in [2.05, 4.69) is 5.16 Å². The van der Waals surface area contributed by atoms with Crippen molar-refractivity contribution in [1.82, 2.24) is 15.0 Å². The van der Waals surface area contributed by atoms with E-state index in [1.165, 1.54) is 12.1 Å². The van der Waals surface area contributed by atoms with Gasteiger partial charge in [0.1, 0.15) is 5.82 Å². The number of halogens is 1. The van der Waals surface area contributed by atoms with Gasteiger partial charge in [0.2, 0.25) is 0 Å². The Labute approximate surface area is 152 Å². The summed E-state index contributed by atoms with van der Waals surface area (Å²) in [6.45, 7) is 3.48. The minimum atomic E-state index is -1.43. The van der Waals surface area contributed by atoms with E-state index in [0.29, 0.717) is 31.8 Å². The Bertz CT molecular complexity index is 762. The number of rotatable bonds is 6. The monoisotopic (exact) mass is 361 g/mol. The predicted octanol–water partition coefficient (Wildman–Crippen LogP) is 2.11. The Morgan fingerprint density at radius 3 is 2.77 bits per heavy atom. The van der Waals surface area contributed by atoms with E-state index in [4.69, 9.17) is 4.52 Å². The highest BCUT2D eigenvalue weighted by Crippen LogP contribution is 2.25. The van der Waals surface area contributed by atoms with E-state index >= 15 is 0 Å². The van der Waals surface area contributed by atoms with Crippen molar-refractivity contribution in [1.29, 1.82) is 0 Å². The van der Waals surface area contributed by atoms with Gasteiger partial charge in [-0.3, -0.25) is 9.69 Å². The maximum Gasteiger partial charge on any atom is 0.256 e. The zero-order valence-electron chi connectivity index (χ0n) is 15.1. The van der Waals surface area contributed by atoms with Gasteiger partial charge in [-0.1, -0.05) is 17.3 Å². The molecule has 1 aromatic heterocycles. The summed E-state index contributed by atoms with van der Waals surface area (Å²) >= 11 is 0. The number of hydrogen-bond acceptors (Lipinski definition) is 5. The molecule has 0 saturated carbocycles. The fraction of sp³-hybridized carbons (Fsp3) is 0.474. The first-order valence-electron chi connectivity index (χ1n) is 8.73. The molecule has 140 valence electrons. The molecule has 3 rings (SSSR count). The Hall–Kier alpha value is -2.25. The van der Waals surface area contributed by atoms with Gasteiger partial charge in [0.25, 0.3) is 5.91 Å². The first-order valence-corrected chi connectivity index (χ1v) is 8.73. The predicted molar refractivity (Wildman–Crippen MR) is 93.6 cm³/mol. The van der Waals surface area contributed by atoms with Crippen LogP contribution >= 0.6 is 0 Å². The summed E-state index contributed by atoms with van der Waals surface area (Å²) in [5.74, 6) is 0.105. The summed E-state index contributed by atoms with van der Waals surface area (Å²) < 4.78 is 18.2. The van der Waals surface area contributed by atoms with Crippen LogP contribution in [0.4, 0.5) is 4.39 Å². The number of nitrogens with zero attached hydrogens (tertiary/aromatic N) is 3. The maximum atomic E-state index is 13.1. The van der Waals surface area contributed by atoms with Crippen molar-refractivity contribution >= 4 is 5.91 Å². The van der Waals surface area contributed by atoms with Gasteiger partial charge >= 0.3 is 0 Å². The molecular weight excluding hydrogens is 337 g/mol. The third kappa shape index (κ3) is 4.28. The zero-order chi connectivity index (χ0) is 18.7. The fourth-order valence-electron chi connectivity index (χ4n) is 3.43. The molecule has 1 fully saturated rings. The van der Waals surface area contributed by atoms with E-state index in [9.17, 15) is 14.3 Å². The number of aromatic nitrogens is 1. The molecule has 1 saturated heterocycles. The Morgan fingerprint density at radius 2 is 2.12 bits per heavy atom. The van der Waals surface area contributed by atoms with Crippen LogP contribution in [-0.2, 0) is 17.9 Å². The van der Waals surface area contributed by atoms with Gasteiger partial charge in [0.05, 0.1) is 12.2 Å². The van der Waals surface area contributed by atoms with Gasteiger partial charge in [-0.25, -0.2) is 4.39 Å². The number of carbonyl (C=O) groups is 1.